The van der Waals surface area contributed by atoms with Crippen LogP contribution in [0.4, 0.5) is 11.4 Å². The Morgan fingerprint density at radius 1 is 1.06 bits per heavy atom. The van der Waals surface area contributed by atoms with E-state index in [0.717, 1.165) is 65.0 Å². The maximum atomic E-state index is 13.4. The number of para-hydroxylation sites is 1. The van der Waals surface area contributed by atoms with Crippen LogP contribution in [-0.4, -0.2) is 17.0 Å². The minimum atomic E-state index is -0.105. The van der Waals surface area contributed by atoms with E-state index >= 15 is 0 Å². The highest BCUT2D eigenvalue weighted by atomic mass is 35.5. The standard InChI is InChI=1S/C43H41ClN4O2S/c1-6-27(21-40-47(7-2)36-23-30(44)17-19-38(36)50-40)22-41-48(8-3)37-24-31(18-20-39(37)51-41)45-42(49)29-15-13-28(14-16-29)33-25-43(33,4)34-26-46(5)35-12-10-9-11-32(34)35/h9-24,26,33H,6-8,25H2,1-5H3/p+1. The normalized spacial score (nSPS) is 19.2. The van der Waals surface area contributed by atoms with Crippen LogP contribution < -0.4 is 19.5 Å². The molecule has 0 radical (unpaired) electrons. The summed E-state index contributed by atoms with van der Waals surface area (Å²) in [6.45, 7) is 10.4. The fraction of sp³-hybridized carbons (Fsp3) is 0.256. The number of aromatic nitrogens is 2. The van der Waals surface area contributed by atoms with Gasteiger partial charge in [0.15, 0.2) is 5.75 Å². The number of hydrogen-bond donors (Lipinski definition) is 1. The number of carbonyl (C=O) groups is 1. The fourth-order valence-electron chi connectivity index (χ4n) is 7.70. The number of ether oxygens (including phenoxy) is 1. The molecule has 4 aromatic carbocycles. The Kier molecular flexibility index (Phi) is 8.52. The number of amides is 1. The third-order valence-corrected chi connectivity index (χ3v) is 12.0. The van der Waals surface area contributed by atoms with Gasteiger partial charge in [0.1, 0.15) is 11.2 Å². The number of thiazole rings is 1. The number of allylic oxidation sites excluding steroid dienone is 2. The van der Waals surface area contributed by atoms with Gasteiger partial charge in [-0.25, -0.2) is 0 Å². The molecule has 1 saturated carbocycles. The highest BCUT2D eigenvalue weighted by Crippen LogP contribution is 2.61. The molecule has 0 spiro atoms. The SMILES string of the molecule is CCC(=Cc1sc2ccc(NC(=O)c3ccc(C4CC4(C)c4cn(C)c5ccccc45)cc3)cc2[n+]1CC)C=C1Oc2ccc(Cl)cc2N1CC. The van der Waals surface area contributed by atoms with E-state index in [9.17, 15) is 4.79 Å². The summed E-state index contributed by atoms with van der Waals surface area (Å²) in [7, 11) is 2.12. The number of halogens is 1. The van der Waals surface area contributed by atoms with Crippen LogP contribution >= 0.6 is 22.9 Å². The highest BCUT2D eigenvalue weighted by Gasteiger charge is 2.53. The fourth-order valence-corrected chi connectivity index (χ4v) is 9.05. The number of benzene rings is 4. The van der Waals surface area contributed by atoms with Crippen molar-refractivity contribution >= 4 is 67.4 Å². The summed E-state index contributed by atoms with van der Waals surface area (Å²) in [6.07, 6.45) is 8.63. The molecule has 6 aromatic rings. The number of carbonyl (C=O) groups excluding carboxylic acids is 1. The van der Waals surface area contributed by atoms with Gasteiger partial charge in [0.25, 0.3) is 10.9 Å². The summed E-state index contributed by atoms with van der Waals surface area (Å²) in [6, 6.07) is 28.8. The van der Waals surface area contributed by atoms with Crippen molar-refractivity contribution in [3.63, 3.8) is 0 Å². The minimum absolute atomic E-state index is 0.0961. The molecule has 2 atom stereocenters. The van der Waals surface area contributed by atoms with Crippen molar-refractivity contribution in [1.29, 1.82) is 0 Å². The third-order valence-electron chi connectivity index (χ3n) is 10.7. The number of hydrogen-bond acceptors (Lipinski definition) is 4. The van der Waals surface area contributed by atoms with E-state index in [4.69, 9.17) is 16.3 Å². The van der Waals surface area contributed by atoms with Crippen LogP contribution in [0.2, 0.25) is 5.02 Å². The molecule has 51 heavy (non-hydrogen) atoms. The average Bonchev–Trinajstić information content (AvgIpc) is 3.37. The first-order valence-electron chi connectivity index (χ1n) is 17.8. The average molecular weight is 714 g/mol. The Balaban J connectivity index is 0.995. The third kappa shape index (κ3) is 5.92. The van der Waals surface area contributed by atoms with Gasteiger partial charge in [-0.15, -0.1) is 0 Å². The molecule has 1 aliphatic carbocycles. The van der Waals surface area contributed by atoms with Crippen molar-refractivity contribution in [2.24, 2.45) is 7.05 Å². The molecule has 2 unspecified atom stereocenters. The molecule has 0 saturated heterocycles. The van der Waals surface area contributed by atoms with Crippen molar-refractivity contribution in [1.82, 2.24) is 4.57 Å². The van der Waals surface area contributed by atoms with E-state index in [-0.39, 0.29) is 11.3 Å². The molecule has 1 N–H and O–H groups in total. The quantitative estimate of drug-likeness (QED) is 0.152. The number of fused-ring (bicyclic) bond motifs is 3. The van der Waals surface area contributed by atoms with Gasteiger partial charge in [0.05, 0.1) is 5.69 Å². The van der Waals surface area contributed by atoms with E-state index < -0.39 is 0 Å². The molecule has 8 heteroatoms. The molecule has 8 rings (SSSR count). The van der Waals surface area contributed by atoms with E-state index in [0.29, 0.717) is 16.5 Å². The first-order chi connectivity index (χ1) is 24.7. The molecule has 2 aliphatic rings. The zero-order chi connectivity index (χ0) is 35.4. The van der Waals surface area contributed by atoms with Crippen LogP contribution in [0, 0.1) is 0 Å². The molecular weight excluding hydrogens is 672 g/mol. The molecule has 1 fully saturated rings. The van der Waals surface area contributed by atoms with E-state index in [1.165, 1.54) is 26.7 Å². The van der Waals surface area contributed by atoms with Gasteiger partial charge in [-0.2, -0.15) is 4.57 Å². The van der Waals surface area contributed by atoms with Crippen LogP contribution in [0.15, 0.2) is 109 Å². The topological polar surface area (TPSA) is 50.4 Å². The van der Waals surface area contributed by atoms with Gasteiger partial charge in [0, 0.05) is 70.6 Å². The highest BCUT2D eigenvalue weighted by molar-refractivity contribution is 7.18. The molecule has 0 bridgehead atoms. The summed E-state index contributed by atoms with van der Waals surface area (Å²) in [5.41, 5.74) is 8.74. The lowest BCUT2D eigenvalue weighted by molar-refractivity contribution is -0.665. The van der Waals surface area contributed by atoms with Gasteiger partial charge < -0.3 is 19.5 Å². The molecule has 1 aliphatic heterocycles. The summed E-state index contributed by atoms with van der Waals surface area (Å²) in [4.78, 5) is 15.6. The smallest absolute Gasteiger partial charge is 0.263 e. The van der Waals surface area contributed by atoms with E-state index in [2.05, 4.69) is 121 Å². The second kappa shape index (κ2) is 13.0. The Labute approximate surface area is 308 Å². The number of rotatable bonds is 9. The Hall–Kier alpha value is -4.85. The summed E-state index contributed by atoms with van der Waals surface area (Å²) >= 11 is 8.05. The zero-order valence-corrected chi connectivity index (χ0v) is 31.2. The molecule has 258 valence electrons. The van der Waals surface area contributed by atoms with Crippen LogP contribution in [0.25, 0.3) is 27.2 Å². The lowest BCUT2D eigenvalue weighted by Gasteiger charge is -2.16. The lowest BCUT2D eigenvalue weighted by atomic mass is 9.92. The predicted molar refractivity (Wildman–Crippen MR) is 211 cm³/mol. The van der Waals surface area contributed by atoms with Crippen molar-refractivity contribution in [2.45, 2.75) is 58.4 Å². The maximum absolute atomic E-state index is 13.4. The van der Waals surface area contributed by atoms with Crippen LogP contribution in [0.1, 0.15) is 72.9 Å². The molecule has 3 heterocycles. The second-order valence-corrected chi connectivity index (χ2v) is 15.3. The predicted octanol–water partition coefficient (Wildman–Crippen LogP) is 10.6. The van der Waals surface area contributed by atoms with Gasteiger partial charge in [0.2, 0.25) is 11.4 Å². The zero-order valence-electron chi connectivity index (χ0n) is 29.7. The molecule has 6 nitrogen and oxygen atoms in total. The lowest BCUT2D eigenvalue weighted by Crippen LogP contribution is -2.33. The van der Waals surface area contributed by atoms with Gasteiger partial charge in [-0.05, 0) is 97.8 Å². The van der Waals surface area contributed by atoms with Crippen LogP contribution in [-0.2, 0) is 19.0 Å². The van der Waals surface area contributed by atoms with Crippen molar-refractivity contribution in [2.75, 3.05) is 16.8 Å². The van der Waals surface area contributed by atoms with Crippen molar-refractivity contribution in [3.05, 3.63) is 135 Å². The number of anilines is 2. The van der Waals surface area contributed by atoms with Crippen LogP contribution in [0.5, 0.6) is 5.75 Å². The first kappa shape index (κ1) is 33.3. The van der Waals surface area contributed by atoms with E-state index in [1.807, 2.05) is 36.4 Å². The summed E-state index contributed by atoms with van der Waals surface area (Å²) in [5.74, 6) is 1.96. The van der Waals surface area contributed by atoms with Crippen LogP contribution in [0.3, 0.4) is 0 Å². The molecule has 1 amide bonds. The second-order valence-electron chi connectivity index (χ2n) is 13.8. The molecule has 2 aromatic heterocycles. The summed E-state index contributed by atoms with van der Waals surface area (Å²) < 4.78 is 12.0. The molecular formula is C43H42ClN4O2S+. The Morgan fingerprint density at radius 3 is 2.63 bits per heavy atom. The largest absolute Gasteiger partial charge is 0.439 e. The van der Waals surface area contributed by atoms with Gasteiger partial charge >= 0.3 is 0 Å². The van der Waals surface area contributed by atoms with Crippen molar-refractivity contribution in [3.8, 4) is 5.75 Å². The van der Waals surface area contributed by atoms with E-state index in [1.54, 1.807) is 11.3 Å². The minimum Gasteiger partial charge on any atom is -0.439 e. The number of aryl methyl sites for hydroxylation is 2. The Bertz CT molecular complexity index is 2390. The maximum Gasteiger partial charge on any atom is 0.263 e. The number of nitrogens with one attached hydrogen (secondary N) is 1. The van der Waals surface area contributed by atoms with Gasteiger partial charge in [-0.3, -0.25) is 4.79 Å². The number of nitrogens with zero attached hydrogens (tertiary/aromatic N) is 3. The summed E-state index contributed by atoms with van der Waals surface area (Å²) in [5, 5.41) is 6.33. The Morgan fingerprint density at radius 2 is 1.86 bits per heavy atom. The first-order valence-corrected chi connectivity index (χ1v) is 19.0. The van der Waals surface area contributed by atoms with Crippen molar-refractivity contribution < 1.29 is 14.1 Å². The van der Waals surface area contributed by atoms with Gasteiger partial charge in [-0.1, -0.05) is 67.1 Å². The monoisotopic (exact) mass is 713 g/mol.